The summed E-state index contributed by atoms with van der Waals surface area (Å²) < 4.78 is 1.98. The van der Waals surface area contributed by atoms with E-state index < -0.39 is 0 Å². The summed E-state index contributed by atoms with van der Waals surface area (Å²) >= 11 is 0. The van der Waals surface area contributed by atoms with Gasteiger partial charge in [-0.15, -0.1) is 0 Å². The molecule has 1 aliphatic heterocycles. The third kappa shape index (κ3) is 2.94. The fourth-order valence-electron chi connectivity index (χ4n) is 3.72. The van der Waals surface area contributed by atoms with Gasteiger partial charge in [-0.05, 0) is 36.2 Å². The van der Waals surface area contributed by atoms with Gasteiger partial charge in [0, 0.05) is 18.3 Å². The maximum Gasteiger partial charge on any atom is 0.170 e. The number of benzene rings is 2. The van der Waals surface area contributed by atoms with Gasteiger partial charge in [0.2, 0.25) is 0 Å². The monoisotopic (exact) mass is 356 g/mol. The molecule has 0 spiro atoms. The molecule has 6 nitrogen and oxygen atoms in total. The van der Waals surface area contributed by atoms with E-state index in [9.17, 15) is 0 Å². The number of nitrogens with one attached hydrogen (secondary N) is 2. The molecule has 2 N–H and O–H groups in total. The number of rotatable bonds is 4. The Morgan fingerprint density at radius 3 is 2.78 bits per heavy atom. The van der Waals surface area contributed by atoms with Crippen LogP contribution in [-0.2, 0) is 6.42 Å². The number of fused-ring (bicyclic) bond motifs is 2. The lowest BCUT2D eigenvalue weighted by Crippen LogP contribution is -2.34. The summed E-state index contributed by atoms with van der Waals surface area (Å²) in [5.41, 5.74) is 5.40. The van der Waals surface area contributed by atoms with Crippen molar-refractivity contribution in [1.82, 2.24) is 24.8 Å². The summed E-state index contributed by atoms with van der Waals surface area (Å²) in [6.45, 7) is 1.74. The van der Waals surface area contributed by atoms with Crippen LogP contribution in [-0.4, -0.2) is 32.6 Å². The van der Waals surface area contributed by atoms with E-state index in [-0.39, 0.29) is 6.04 Å². The molecule has 0 saturated carbocycles. The lowest BCUT2D eigenvalue weighted by molar-refractivity contribution is 0.523. The van der Waals surface area contributed by atoms with Gasteiger partial charge in [-0.3, -0.25) is 4.57 Å². The number of imidazole rings is 1. The highest BCUT2D eigenvalue weighted by molar-refractivity contribution is 5.83. The molecule has 1 atom stereocenters. The molecule has 4 aromatic rings. The van der Waals surface area contributed by atoms with Gasteiger partial charge in [-0.2, -0.15) is 0 Å². The Balaban J connectivity index is 1.43. The van der Waals surface area contributed by atoms with Crippen LogP contribution >= 0.6 is 0 Å². The second-order valence-corrected chi connectivity index (χ2v) is 6.68. The summed E-state index contributed by atoms with van der Waals surface area (Å²) in [5.74, 6) is 0.763. The zero-order valence-electron chi connectivity index (χ0n) is 14.8. The number of hydrogen-bond donors (Lipinski definition) is 2. The van der Waals surface area contributed by atoms with Crippen LogP contribution in [0, 0.1) is 0 Å². The first-order chi connectivity index (χ1) is 13.4. The molecule has 0 amide bonds. The second kappa shape index (κ2) is 6.81. The molecular weight excluding hydrogens is 336 g/mol. The average Bonchev–Trinajstić information content (AvgIpc) is 3.17. The zero-order chi connectivity index (χ0) is 18.1. The summed E-state index contributed by atoms with van der Waals surface area (Å²) in [6.07, 6.45) is 4.47. The normalized spacial score (nSPS) is 16.2. The van der Waals surface area contributed by atoms with E-state index in [1.54, 1.807) is 12.7 Å². The van der Waals surface area contributed by atoms with Gasteiger partial charge in [0.05, 0.1) is 0 Å². The predicted octanol–water partition coefficient (Wildman–Crippen LogP) is 3.11. The van der Waals surface area contributed by atoms with Crippen molar-refractivity contribution < 1.29 is 0 Å². The van der Waals surface area contributed by atoms with Gasteiger partial charge in [-0.25, -0.2) is 15.0 Å². The Bertz CT molecular complexity index is 1070. The van der Waals surface area contributed by atoms with Crippen LogP contribution in [0.4, 0.5) is 5.82 Å². The van der Waals surface area contributed by atoms with E-state index in [4.69, 9.17) is 0 Å². The first-order valence-corrected chi connectivity index (χ1v) is 9.19. The van der Waals surface area contributed by atoms with Gasteiger partial charge < -0.3 is 10.6 Å². The molecule has 134 valence electrons. The van der Waals surface area contributed by atoms with E-state index in [0.717, 1.165) is 42.2 Å². The Kier molecular flexibility index (Phi) is 4.03. The molecule has 0 aliphatic carbocycles. The van der Waals surface area contributed by atoms with Crippen LogP contribution in [0.3, 0.4) is 0 Å². The molecule has 1 unspecified atom stereocenters. The van der Waals surface area contributed by atoms with Gasteiger partial charge in [0.1, 0.15) is 12.7 Å². The molecule has 6 heteroatoms. The van der Waals surface area contributed by atoms with E-state index in [1.165, 1.54) is 11.1 Å². The maximum absolute atomic E-state index is 4.56. The minimum atomic E-state index is 0.260. The number of aromatic nitrogens is 4. The number of hydrogen-bond acceptors (Lipinski definition) is 5. The first-order valence-electron chi connectivity index (χ1n) is 9.19. The van der Waals surface area contributed by atoms with E-state index in [2.05, 4.69) is 49.9 Å². The summed E-state index contributed by atoms with van der Waals surface area (Å²) in [4.78, 5) is 13.4. The Morgan fingerprint density at radius 1 is 1.00 bits per heavy atom. The Hall–Kier alpha value is -3.25. The van der Waals surface area contributed by atoms with Crippen molar-refractivity contribution in [1.29, 1.82) is 0 Å². The van der Waals surface area contributed by atoms with Crippen molar-refractivity contribution in [3.05, 3.63) is 78.4 Å². The number of anilines is 1. The zero-order valence-corrected chi connectivity index (χ0v) is 14.8. The number of para-hydroxylation sites is 1. The molecular formula is C21H20N6. The van der Waals surface area contributed by atoms with Crippen LogP contribution in [0.1, 0.15) is 17.2 Å². The van der Waals surface area contributed by atoms with Crippen LogP contribution in [0.2, 0.25) is 0 Å². The van der Waals surface area contributed by atoms with Crippen LogP contribution in [0.15, 0.2) is 67.3 Å². The van der Waals surface area contributed by atoms with Gasteiger partial charge >= 0.3 is 0 Å². The van der Waals surface area contributed by atoms with E-state index in [0.29, 0.717) is 0 Å². The molecule has 5 rings (SSSR count). The fraction of sp³-hybridized carbons (Fsp3) is 0.190. The van der Waals surface area contributed by atoms with Crippen molar-refractivity contribution in [2.24, 2.45) is 0 Å². The summed E-state index contributed by atoms with van der Waals surface area (Å²) in [5, 5.41) is 7.07. The summed E-state index contributed by atoms with van der Waals surface area (Å²) in [6, 6.07) is 19.0. The molecule has 2 aromatic heterocycles. The third-order valence-corrected chi connectivity index (χ3v) is 5.06. The minimum absolute atomic E-state index is 0.260. The van der Waals surface area contributed by atoms with Crippen LogP contribution in [0.25, 0.3) is 16.9 Å². The molecule has 3 heterocycles. The Labute approximate surface area is 157 Å². The quantitative estimate of drug-likeness (QED) is 0.588. The van der Waals surface area contributed by atoms with E-state index >= 15 is 0 Å². The average molecular weight is 356 g/mol. The standard InChI is InChI=1S/C21H20N6/c1-2-7-16(8-3-1)27-14-26-19-20(24-13-25-21(19)27)23-12-18-17-9-5-4-6-15(17)10-11-22-18/h1-9,13-14,18,22H,10-12H2,(H,23,24,25). The molecule has 0 bridgehead atoms. The Morgan fingerprint density at radius 2 is 1.85 bits per heavy atom. The highest BCUT2D eigenvalue weighted by Gasteiger charge is 2.19. The van der Waals surface area contributed by atoms with Crippen molar-refractivity contribution in [2.45, 2.75) is 12.5 Å². The van der Waals surface area contributed by atoms with Crippen molar-refractivity contribution in [2.75, 3.05) is 18.4 Å². The molecule has 27 heavy (non-hydrogen) atoms. The number of nitrogens with zero attached hydrogens (tertiary/aromatic N) is 4. The topological polar surface area (TPSA) is 67.7 Å². The van der Waals surface area contributed by atoms with Gasteiger partial charge in [0.15, 0.2) is 17.0 Å². The fourth-order valence-corrected chi connectivity index (χ4v) is 3.72. The van der Waals surface area contributed by atoms with E-state index in [1.807, 2.05) is 34.9 Å². The molecule has 0 radical (unpaired) electrons. The van der Waals surface area contributed by atoms with Crippen molar-refractivity contribution in [3.8, 4) is 5.69 Å². The molecule has 1 aliphatic rings. The molecule has 2 aromatic carbocycles. The first kappa shape index (κ1) is 16.0. The summed E-state index contributed by atoms with van der Waals surface area (Å²) in [7, 11) is 0. The third-order valence-electron chi connectivity index (χ3n) is 5.06. The van der Waals surface area contributed by atoms with Crippen LogP contribution < -0.4 is 10.6 Å². The maximum atomic E-state index is 4.56. The van der Waals surface area contributed by atoms with Crippen molar-refractivity contribution in [3.63, 3.8) is 0 Å². The molecule has 0 fully saturated rings. The smallest absolute Gasteiger partial charge is 0.170 e. The SMILES string of the molecule is c1ccc(-n2cnc3c(NCC4NCCc5ccccc54)ncnc32)cc1. The highest BCUT2D eigenvalue weighted by Crippen LogP contribution is 2.25. The van der Waals surface area contributed by atoms with Crippen molar-refractivity contribution >= 4 is 17.0 Å². The second-order valence-electron chi connectivity index (χ2n) is 6.68. The van der Waals surface area contributed by atoms with Gasteiger partial charge in [-0.1, -0.05) is 42.5 Å². The minimum Gasteiger partial charge on any atom is -0.366 e. The lowest BCUT2D eigenvalue weighted by Gasteiger charge is -2.27. The molecule has 0 saturated heterocycles. The highest BCUT2D eigenvalue weighted by atomic mass is 15.2. The lowest BCUT2D eigenvalue weighted by atomic mass is 9.94. The van der Waals surface area contributed by atoms with Crippen LogP contribution in [0.5, 0.6) is 0 Å². The van der Waals surface area contributed by atoms with Gasteiger partial charge in [0.25, 0.3) is 0 Å². The largest absolute Gasteiger partial charge is 0.366 e. The predicted molar refractivity (Wildman–Crippen MR) is 106 cm³/mol.